The topological polar surface area (TPSA) is 67.8 Å². The largest absolute Gasteiger partial charge is 0.462 e. The minimum Gasteiger partial charge on any atom is -0.462 e. The molecule has 5 heteroatoms. The van der Waals surface area contributed by atoms with E-state index in [-0.39, 0.29) is 28.5 Å². The average Bonchev–Trinajstić information content (AvgIpc) is 2.86. The first-order chi connectivity index (χ1) is 11.3. The van der Waals surface area contributed by atoms with E-state index in [1.165, 1.54) is 0 Å². The first-order valence-electron chi connectivity index (χ1n) is 8.47. The number of esters is 1. The lowest BCUT2D eigenvalue weighted by Gasteiger charge is -2.31. The van der Waals surface area contributed by atoms with Crippen molar-refractivity contribution >= 4 is 23.2 Å². The van der Waals surface area contributed by atoms with Gasteiger partial charge in [-0.1, -0.05) is 20.8 Å². The number of Topliss-reactive ketones (excluding diaryl/α,β-unsaturated/α-hetero) is 1. The van der Waals surface area contributed by atoms with Crippen LogP contribution in [0.25, 0.3) is 0 Å². The fraction of sp³-hybridized carbons (Fsp3) is 0.526. The Bertz CT molecular complexity index is 706. The van der Waals surface area contributed by atoms with E-state index in [9.17, 15) is 9.59 Å². The van der Waals surface area contributed by atoms with Gasteiger partial charge in [0.25, 0.3) is 0 Å². The number of ketones is 1. The third-order valence-corrected chi connectivity index (χ3v) is 5.99. The Labute approximate surface area is 142 Å². The Kier molecular flexibility index (Phi) is 3.98. The molecule has 0 aromatic heterocycles. The number of rotatable bonds is 4. The first-order valence-corrected chi connectivity index (χ1v) is 8.47. The van der Waals surface area contributed by atoms with Crippen molar-refractivity contribution in [2.75, 3.05) is 12.0 Å². The minimum absolute atomic E-state index is 0.0433. The zero-order valence-electron chi connectivity index (χ0n) is 14.7. The molecule has 0 aliphatic heterocycles. The quantitative estimate of drug-likeness (QED) is 0.676. The number of hydrogen-bond donors (Lipinski definition) is 1. The molecule has 1 N–H and O–H groups in total. The van der Waals surface area contributed by atoms with Crippen molar-refractivity contribution in [1.29, 1.82) is 0 Å². The number of ether oxygens (including phenoxy) is 1. The normalized spacial score (nSPS) is 29.1. The van der Waals surface area contributed by atoms with E-state index >= 15 is 0 Å². The maximum atomic E-state index is 12.7. The van der Waals surface area contributed by atoms with Crippen LogP contribution in [0.3, 0.4) is 0 Å². The molecule has 2 saturated carbocycles. The van der Waals surface area contributed by atoms with E-state index in [0.717, 1.165) is 18.5 Å². The summed E-state index contributed by atoms with van der Waals surface area (Å²) >= 11 is 0. The van der Waals surface area contributed by atoms with E-state index in [1.807, 2.05) is 0 Å². The second-order valence-corrected chi connectivity index (χ2v) is 7.38. The van der Waals surface area contributed by atoms with Crippen molar-refractivity contribution in [3.63, 3.8) is 0 Å². The Morgan fingerprint density at radius 2 is 1.96 bits per heavy atom. The van der Waals surface area contributed by atoms with Gasteiger partial charge in [0.2, 0.25) is 0 Å². The van der Waals surface area contributed by atoms with Gasteiger partial charge in [-0.05, 0) is 49.4 Å². The third kappa shape index (κ3) is 2.34. The zero-order valence-corrected chi connectivity index (χ0v) is 14.7. The molecule has 0 heterocycles. The monoisotopic (exact) mass is 328 g/mol. The summed E-state index contributed by atoms with van der Waals surface area (Å²) in [7, 11) is 0. The van der Waals surface area contributed by atoms with Crippen LogP contribution in [0.2, 0.25) is 0 Å². The molecule has 3 rings (SSSR count). The summed E-state index contributed by atoms with van der Waals surface area (Å²) in [5.41, 5.74) is 4.53. The highest BCUT2D eigenvalue weighted by atomic mass is 16.5. The number of hydrogen-bond acceptors (Lipinski definition) is 5. The summed E-state index contributed by atoms with van der Waals surface area (Å²) < 4.78 is 4.96. The van der Waals surface area contributed by atoms with E-state index in [0.29, 0.717) is 17.9 Å². The smallest absolute Gasteiger partial charge is 0.338 e. The number of hydrazone groups is 1. The summed E-state index contributed by atoms with van der Waals surface area (Å²) in [6, 6.07) is 6.91. The van der Waals surface area contributed by atoms with Crippen LogP contribution in [0.1, 0.15) is 50.9 Å². The minimum atomic E-state index is -0.340. The van der Waals surface area contributed by atoms with Crippen LogP contribution in [-0.2, 0) is 9.53 Å². The molecule has 2 aliphatic carbocycles. The van der Waals surface area contributed by atoms with Crippen molar-refractivity contribution in [3.8, 4) is 0 Å². The SMILES string of the molecule is CCOC(=O)c1ccc(NN=C2C(=O)C3(C)CCC2C3(C)C)cc1. The molecule has 0 radical (unpaired) electrons. The molecule has 1 aromatic carbocycles. The molecule has 2 fully saturated rings. The average molecular weight is 328 g/mol. The second kappa shape index (κ2) is 5.72. The first kappa shape index (κ1) is 16.7. The number of carbonyl (C=O) groups is 2. The second-order valence-electron chi connectivity index (χ2n) is 7.38. The Hall–Kier alpha value is -2.17. The Morgan fingerprint density at radius 1 is 1.29 bits per heavy atom. The lowest BCUT2D eigenvalue weighted by atomic mass is 9.70. The van der Waals surface area contributed by atoms with Gasteiger partial charge < -0.3 is 4.74 Å². The van der Waals surface area contributed by atoms with Gasteiger partial charge >= 0.3 is 5.97 Å². The van der Waals surface area contributed by atoms with E-state index in [1.54, 1.807) is 31.2 Å². The number of nitrogens with zero attached hydrogens (tertiary/aromatic N) is 1. The van der Waals surface area contributed by atoms with Crippen LogP contribution < -0.4 is 5.43 Å². The predicted octanol–water partition coefficient (Wildman–Crippen LogP) is 3.66. The highest BCUT2D eigenvalue weighted by Gasteiger charge is 2.65. The van der Waals surface area contributed by atoms with Gasteiger partial charge in [0.15, 0.2) is 5.78 Å². The maximum Gasteiger partial charge on any atom is 0.338 e. The van der Waals surface area contributed by atoms with Crippen LogP contribution in [0.4, 0.5) is 5.69 Å². The van der Waals surface area contributed by atoms with Gasteiger partial charge in [0.05, 0.1) is 17.9 Å². The molecule has 2 bridgehead atoms. The Balaban J connectivity index is 1.75. The fourth-order valence-corrected chi connectivity index (χ4v) is 3.97. The highest BCUT2D eigenvalue weighted by Crippen LogP contribution is 2.62. The van der Waals surface area contributed by atoms with Gasteiger partial charge in [-0.2, -0.15) is 5.10 Å². The number of anilines is 1. The molecule has 128 valence electrons. The van der Waals surface area contributed by atoms with E-state index in [4.69, 9.17) is 4.74 Å². The number of benzene rings is 1. The number of nitrogens with one attached hydrogen (secondary N) is 1. The van der Waals surface area contributed by atoms with Crippen molar-refractivity contribution in [2.45, 2.75) is 40.5 Å². The van der Waals surface area contributed by atoms with Gasteiger partial charge in [-0.25, -0.2) is 4.79 Å². The molecule has 2 unspecified atom stereocenters. The van der Waals surface area contributed by atoms with Crippen molar-refractivity contribution < 1.29 is 14.3 Å². The lowest BCUT2D eigenvalue weighted by molar-refractivity contribution is -0.123. The summed E-state index contributed by atoms with van der Waals surface area (Å²) in [5.74, 6) is 0.0361. The van der Waals surface area contributed by atoms with Gasteiger partial charge in [-0.15, -0.1) is 0 Å². The molecular weight excluding hydrogens is 304 g/mol. The van der Waals surface area contributed by atoms with Gasteiger partial charge in [0, 0.05) is 11.3 Å². The van der Waals surface area contributed by atoms with Gasteiger partial charge in [-0.3, -0.25) is 10.2 Å². The zero-order chi connectivity index (χ0) is 17.5. The molecule has 2 atom stereocenters. The highest BCUT2D eigenvalue weighted by molar-refractivity contribution is 6.45. The fourth-order valence-electron chi connectivity index (χ4n) is 3.97. The van der Waals surface area contributed by atoms with Gasteiger partial charge in [0.1, 0.15) is 5.71 Å². The molecule has 5 nitrogen and oxygen atoms in total. The van der Waals surface area contributed by atoms with Crippen LogP contribution >= 0.6 is 0 Å². The molecule has 0 spiro atoms. The lowest BCUT2D eigenvalue weighted by Crippen LogP contribution is -2.33. The summed E-state index contributed by atoms with van der Waals surface area (Å²) in [6.07, 6.45) is 1.95. The van der Waals surface area contributed by atoms with Crippen LogP contribution in [-0.4, -0.2) is 24.1 Å². The van der Waals surface area contributed by atoms with Crippen molar-refractivity contribution in [1.82, 2.24) is 0 Å². The Morgan fingerprint density at radius 3 is 2.50 bits per heavy atom. The number of fused-ring (bicyclic) bond motifs is 2. The molecular formula is C19H24N2O3. The predicted molar refractivity (Wildman–Crippen MR) is 93.1 cm³/mol. The van der Waals surface area contributed by atoms with Crippen LogP contribution in [0, 0.1) is 16.7 Å². The van der Waals surface area contributed by atoms with Crippen LogP contribution in [0.15, 0.2) is 29.4 Å². The molecule has 1 aromatic rings. The standard InChI is InChI=1S/C19H24N2O3/c1-5-24-17(23)12-6-8-13(9-7-12)20-21-15-14-10-11-19(4,16(15)22)18(14,2)3/h6-9,14,20H,5,10-11H2,1-4H3. The van der Waals surface area contributed by atoms with E-state index < -0.39 is 0 Å². The summed E-state index contributed by atoms with van der Waals surface area (Å²) in [6.45, 7) is 8.52. The molecule has 0 amide bonds. The van der Waals surface area contributed by atoms with E-state index in [2.05, 4.69) is 31.3 Å². The number of carbonyl (C=O) groups excluding carboxylic acids is 2. The summed E-state index contributed by atoms with van der Waals surface area (Å²) in [5, 5.41) is 4.41. The summed E-state index contributed by atoms with van der Waals surface area (Å²) in [4.78, 5) is 24.4. The molecule has 0 saturated heterocycles. The molecule has 2 aliphatic rings. The maximum absolute atomic E-state index is 12.7. The third-order valence-electron chi connectivity index (χ3n) is 5.99. The molecule has 24 heavy (non-hydrogen) atoms. The van der Waals surface area contributed by atoms with Crippen LogP contribution in [0.5, 0.6) is 0 Å². The van der Waals surface area contributed by atoms with Crippen molar-refractivity contribution in [2.24, 2.45) is 21.8 Å². The van der Waals surface area contributed by atoms with Crippen molar-refractivity contribution in [3.05, 3.63) is 29.8 Å².